The van der Waals surface area contributed by atoms with Gasteiger partial charge in [0.1, 0.15) is 0 Å². The number of aryl methyl sites for hydroxylation is 2. The first-order chi connectivity index (χ1) is 25.5. The van der Waals surface area contributed by atoms with Crippen LogP contribution in [0.1, 0.15) is 0 Å². The van der Waals surface area contributed by atoms with Crippen LogP contribution in [-0.2, 0) is 14.1 Å². The lowest BCUT2D eigenvalue weighted by molar-refractivity contribution is 0.795. The van der Waals surface area contributed by atoms with Gasteiger partial charge in [-0.25, -0.2) is 14.8 Å². The third-order valence-corrected chi connectivity index (χ3v) is 10.0. The molecule has 5 nitrogen and oxygen atoms in total. The fourth-order valence-corrected chi connectivity index (χ4v) is 7.33. The number of para-hydroxylation sites is 1. The van der Waals surface area contributed by atoms with Crippen molar-refractivity contribution in [2.45, 2.75) is 0 Å². The van der Waals surface area contributed by atoms with E-state index in [0.29, 0.717) is 5.82 Å². The van der Waals surface area contributed by atoms with Crippen LogP contribution in [0.25, 0.3) is 89.1 Å². The molecule has 0 saturated carbocycles. The lowest BCUT2D eigenvalue weighted by Gasteiger charge is -2.14. The molecule has 0 unspecified atom stereocenters. The zero-order chi connectivity index (χ0) is 35.2. The Balaban J connectivity index is 1.07. The molecular formula is C47H34N4O. The highest BCUT2D eigenvalue weighted by Crippen LogP contribution is 2.38. The summed E-state index contributed by atoms with van der Waals surface area (Å²) in [5.41, 5.74) is 13.5. The fourth-order valence-electron chi connectivity index (χ4n) is 7.33. The molecule has 0 radical (unpaired) electrons. The molecule has 2 heterocycles. The van der Waals surface area contributed by atoms with Crippen LogP contribution in [0, 0.1) is 0 Å². The second kappa shape index (κ2) is 12.8. The standard InChI is InChI=1S/C47H34N4O/c1-50-44-19-11-18-38(45(44)51(2)47(50)52)34-26-22-32(23-27-34)31-20-24-33(25-21-31)37-28-29-41(40-17-10-9-16-39(37)40)43-30-42(35-12-5-3-6-13-35)48-46(49-43)36-14-7-4-8-15-36/h3-30H,1-2H3. The monoisotopic (exact) mass is 670 g/mol. The minimum Gasteiger partial charge on any atom is -0.295 e. The van der Waals surface area contributed by atoms with Crippen molar-refractivity contribution >= 4 is 21.8 Å². The van der Waals surface area contributed by atoms with Crippen molar-refractivity contribution in [2.75, 3.05) is 0 Å². The van der Waals surface area contributed by atoms with E-state index >= 15 is 0 Å². The van der Waals surface area contributed by atoms with Crippen molar-refractivity contribution in [3.8, 4) is 67.3 Å². The highest BCUT2D eigenvalue weighted by atomic mass is 16.1. The van der Waals surface area contributed by atoms with Gasteiger partial charge in [0, 0.05) is 36.3 Å². The molecule has 0 aliphatic heterocycles. The molecule has 5 heteroatoms. The molecule has 248 valence electrons. The smallest absolute Gasteiger partial charge is 0.295 e. The predicted octanol–water partition coefficient (Wildman–Crippen LogP) is 10.8. The quantitative estimate of drug-likeness (QED) is 0.177. The Kier molecular flexibility index (Phi) is 7.67. The van der Waals surface area contributed by atoms with Crippen molar-refractivity contribution < 1.29 is 0 Å². The first-order valence-corrected chi connectivity index (χ1v) is 17.4. The predicted molar refractivity (Wildman–Crippen MR) is 214 cm³/mol. The van der Waals surface area contributed by atoms with Crippen LogP contribution in [0.3, 0.4) is 0 Å². The summed E-state index contributed by atoms with van der Waals surface area (Å²) >= 11 is 0. The summed E-state index contributed by atoms with van der Waals surface area (Å²) in [7, 11) is 3.65. The van der Waals surface area contributed by atoms with E-state index in [-0.39, 0.29) is 5.69 Å². The van der Waals surface area contributed by atoms with Crippen LogP contribution in [-0.4, -0.2) is 19.1 Å². The average Bonchev–Trinajstić information content (AvgIpc) is 3.44. The Morgan fingerprint density at radius 2 is 0.923 bits per heavy atom. The Morgan fingerprint density at radius 3 is 1.58 bits per heavy atom. The highest BCUT2D eigenvalue weighted by Gasteiger charge is 2.16. The molecule has 0 aliphatic carbocycles. The molecular weight excluding hydrogens is 637 g/mol. The zero-order valence-electron chi connectivity index (χ0n) is 28.9. The van der Waals surface area contributed by atoms with Crippen LogP contribution in [0.4, 0.5) is 0 Å². The van der Waals surface area contributed by atoms with Gasteiger partial charge in [-0.1, -0.05) is 158 Å². The van der Waals surface area contributed by atoms with Gasteiger partial charge in [0.2, 0.25) is 0 Å². The number of rotatable bonds is 6. The molecule has 2 aromatic heterocycles. The van der Waals surface area contributed by atoms with Crippen LogP contribution in [0.15, 0.2) is 175 Å². The van der Waals surface area contributed by atoms with Crippen molar-refractivity contribution in [3.05, 3.63) is 180 Å². The summed E-state index contributed by atoms with van der Waals surface area (Å²) < 4.78 is 3.43. The maximum absolute atomic E-state index is 12.6. The lowest BCUT2D eigenvalue weighted by atomic mass is 9.92. The molecule has 0 amide bonds. The number of hydrogen-bond donors (Lipinski definition) is 0. The number of fused-ring (bicyclic) bond motifs is 2. The average molecular weight is 671 g/mol. The third kappa shape index (κ3) is 5.40. The number of aromatic nitrogens is 4. The van der Waals surface area contributed by atoms with E-state index in [2.05, 4.69) is 121 Å². The van der Waals surface area contributed by atoms with E-state index < -0.39 is 0 Å². The van der Waals surface area contributed by atoms with Crippen molar-refractivity contribution in [3.63, 3.8) is 0 Å². The van der Waals surface area contributed by atoms with Crippen LogP contribution in [0.5, 0.6) is 0 Å². The second-order valence-electron chi connectivity index (χ2n) is 13.1. The van der Waals surface area contributed by atoms with Gasteiger partial charge in [0.05, 0.1) is 22.4 Å². The number of nitrogens with zero attached hydrogens (tertiary/aromatic N) is 4. The summed E-state index contributed by atoms with van der Waals surface area (Å²) in [4.78, 5) is 22.8. The Bertz CT molecular complexity index is 2740. The summed E-state index contributed by atoms with van der Waals surface area (Å²) in [6, 6.07) is 59.0. The SMILES string of the molecule is Cn1c(=O)n(C)c2c(-c3ccc(-c4ccc(-c5ccc(-c6cc(-c7ccccc7)nc(-c7ccccc7)n6)c6ccccc56)cc4)cc3)cccc21. The maximum Gasteiger partial charge on any atom is 0.328 e. The first-order valence-electron chi connectivity index (χ1n) is 17.4. The zero-order valence-corrected chi connectivity index (χ0v) is 28.9. The first kappa shape index (κ1) is 31.2. The minimum absolute atomic E-state index is 0.0231. The molecule has 7 aromatic carbocycles. The minimum atomic E-state index is -0.0231. The van der Waals surface area contributed by atoms with Gasteiger partial charge in [0.25, 0.3) is 0 Å². The molecule has 0 atom stereocenters. The molecule has 52 heavy (non-hydrogen) atoms. The molecule has 9 rings (SSSR count). The Hall–Kier alpha value is -6.85. The van der Waals surface area contributed by atoms with Gasteiger partial charge in [-0.2, -0.15) is 0 Å². The molecule has 0 N–H and O–H groups in total. The van der Waals surface area contributed by atoms with Crippen molar-refractivity contribution in [2.24, 2.45) is 14.1 Å². The van der Waals surface area contributed by atoms with Gasteiger partial charge >= 0.3 is 5.69 Å². The largest absolute Gasteiger partial charge is 0.328 e. The van der Waals surface area contributed by atoms with Gasteiger partial charge in [0.15, 0.2) is 5.82 Å². The van der Waals surface area contributed by atoms with Gasteiger partial charge < -0.3 is 0 Å². The molecule has 0 saturated heterocycles. The number of hydrogen-bond acceptors (Lipinski definition) is 3. The highest BCUT2D eigenvalue weighted by molar-refractivity contribution is 6.05. The van der Waals surface area contributed by atoms with Gasteiger partial charge in [-0.3, -0.25) is 9.13 Å². The van der Waals surface area contributed by atoms with Crippen LogP contribution < -0.4 is 5.69 Å². The topological polar surface area (TPSA) is 52.7 Å². The fraction of sp³-hybridized carbons (Fsp3) is 0.0426. The van der Waals surface area contributed by atoms with Crippen molar-refractivity contribution in [1.82, 2.24) is 19.1 Å². The Morgan fingerprint density at radius 1 is 0.404 bits per heavy atom. The van der Waals surface area contributed by atoms with Gasteiger partial charge in [-0.15, -0.1) is 0 Å². The van der Waals surface area contributed by atoms with Crippen LogP contribution >= 0.6 is 0 Å². The molecule has 0 spiro atoms. The van der Waals surface area contributed by atoms with E-state index in [0.717, 1.165) is 72.3 Å². The normalized spacial score (nSPS) is 11.3. The summed E-state index contributed by atoms with van der Waals surface area (Å²) in [5, 5.41) is 2.31. The summed E-state index contributed by atoms with van der Waals surface area (Å²) in [6.45, 7) is 0. The van der Waals surface area contributed by atoms with E-state index in [9.17, 15) is 4.79 Å². The van der Waals surface area contributed by atoms with Crippen LogP contribution in [0.2, 0.25) is 0 Å². The molecule has 0 fully saturated rings. The molecule has 0 bridgehead atoms. The summed E-state index contributed by atoms with van der Waals surface area (Å²) in [5.74, 6) is 0.705. The summed E-state index contributed by atoms with van der Waals surface area (Å²) in [6.07, 6.45) is 0. The van der Waals surface area contributed by atoms with E-state index in [1.54, 1.807) is 9.13 Å². The second-order valence-corrected chi connectivity index (χ2v) is 13.1. The van der Waals surface area contributed by atoms with E-state index in [1.807, 2.05) is 62.6 Å². The lowest BCUT2D eigenvalue weighted by Crippen LogP contribution is -2.19. The van der Waals surface area contributed by atoms with Crippen molar-refractivity contribution in [1.29, 1.82) is 0 Å². The number of imidazole rings is 1. The van der Waals surface area contributed by atoms with E-state index in [1.165, 1.54) is 10.9 Å². The van der Waals surface area contributed by atoms with Gasteiger partial charge in [-0.05, 0) is 50.7 Å². The molecule has 0 aliphatic rings. The third-order valence-electron chi connectivity index (χ3n) is 10.0. The number of benzene rings is 7. The Labute approximate surface area is 301 Å². The molecule has 9 aromatic rings. The maximum atomic E-state index is 12.6. The van der Waals surface area contributed by atoms with E-state index in [4.69, 9.17) is 9.97 Å².